The van der Waals surface area contributed by atoms with E-state index in [0.29, 0.717) is 0 Å². The first-order valence-corrected chi connectivity index (χ1v) is 1.64. The third-order valence-corrected chi connectivity index (χ3v) is 0. The topological polar surface area (TPSA) is 293 Å². The molecule has 16 heteroatoms. The molecule has 0 fully saturated rings. The van der Waals surface area contributed by atoms with Gasteiger partial charge in [0.15, 0.2) is 0 Å². The van der Waals surface area contributed by atoms with Crippen molar-refractivity contribution >= 4 is 0 Å². The minimum absolute atomic E-state index is 0. The van der Waals surface area contributed by atoms with Gasteiger partial charge in [-0.05, 0) is 0 Å². The van der Waals surface area contributed by atoms with Crippen molar-refractivity contribution in [2.45, 2.75) is 0 Å². The van der Waals surface area contributed by atoms with Crippen molar-refractivity contribution in [2.24, 2.45) is 0 Å². The zero-order chi connectivity index (χ0) is 10.7. The minimum Gasteiger partial charge on any atom is -0.412 e. The molecule has 16 heavy (non-hydrogen) atoms. The van der Waals surface area contributed by atoms with E-state index in [1.54, 1.807) is 0 Å². The molecule has 0 saturated carbocycles. The zero-order valence-electron chi connectivity index (χ0n) is 6.92. The first-order chi connectivity index (χ1) is 5.20. The van der Waals surface area contributed by atoms with Crippen LogP contribution < -0.4 is 0 Å². The molecule has 0 saturated heterocycles. The number of hydrogen-bond acceptors (Lipinski definition) is 9. The Morgan fingerprint density at radius 3 is 0.500 bits per heavy atom. The second-order valence-electron chi connectivity index (χ2n) is 0.671. The monoisotopic (exact) mass is 392 g/mol. The molecule has 1 radical (unpaired) electrons. The molecule has 0 aromatic carbocycles. The molecule has 99 valence electrons. The molecule has 0 aliphatic heterocycles. The predicted octanol–water partition coefficient (Wildman–Crippen LogP) is -3.19. The van der Waals surface area contributed by atoms with Gasteiger partial charge in [-0.1, -0.05) is 0 Å². The summed E-state index contributed by atoms with van der Waals surface area (Å²) in [4.78, 5) is 24.8. The summed E-state index contributed by atoms with van der Waals surface area (Å²) < 4.78 is 0. The summed E-state index contributed by atoms with van der Waals surface area (Å²) in [6.45, 7) is 0. The van der Waals surface area contributed by atoms with Crippen molar-refractivity contribution < 1.29 is 72.1 Å². The smallest absolute Gasteiger partial charge is 0.412 e. The second-order valence-corrected chi connectivity index (χ2v) is 0.671. The van der Waals surface area contributed by atoms with Gasteiger partial charge in [0.05, 0.1) is 15.3 Å². The second kappa shape index (κ2) is 37.1. The Morgan fingerprint density at radius 2 is 0.500 bits per heavy atom. The molecule has 0 aliphatic carbocycles. The van der Waals surface area contributed by atoms with Gasteiger partial charge >= 0.3 is 40.4 Å². The fourth-order valence-corrected chi connectivity index (χ4v) is 0. The quantitative estimate of drug-likeness (QED) is 0.296. The molecule has 15 nitrogen and oxygen atoms in total. The molecule has 0 spiro atoms. The van der Waals surface area contributed by atoms with Crippen LogP contribution in [0, 0.1) is 86.4 Å². The number of hydrogen-bond donors (Lipinski definition) is 0. The van der Waals surface area contributed by atoms with E-state index in [-0.39, 0.29) is 56.8 Å². The van der Waals surface area contributed by atoms with Crippen molar-refractivity contribution in [3.05, 3.63) is 46.0 Å². The molecule has 0 amide bonds. The molecule has 0 aromatic rings. The summed E-state index contributed by atoms with van der Waals surface area (Å²) in [6, 6.07) is 0. The van der Waals surface area contributed by atoms with Crippen molar-refractivity contribution in [1.29, 1.82) is 0 Å². The molecule has 0 aliphatic rings. The van der Waals surface area contributed by atoms with Crippen LogP contribution >= 0.6 is 0 Å². The average Bonchev–Trinajstić information content (AvgIpc) is 1.54. The van der Waals surface area contributed by atoms with Crippen molar-refractivity contribution in [1.82, 2.24) is 0 Å². The van der Waals surface area contributed by atoms with Crippen LogP contribution in [-0.2, 0) is 0 Å². The van der Waals surface area contributed by atoms with Gasteiger partial charge in [-0.25, -0.2) is 0 Å². The van der Waals surface area contributed by atoms with E-state index in [9.17, 15) is 0 Å². The van der Waals surface area contributed by atoms with Gasteiger partial charge in [-0.2, -0.15) is 0 Å². The molecule has 0 unspecified atom stereocenters. The minimum atomic E-state index is -1.75. The van der Waals surface area contributed by atoms with Crippen molar-refractivity contribution in [2.75, 3.05) is 0 Å². The molecular formula is H6N3O12Sm. The summed E-state index contributed by atoms with van der Waals surface area (Å²) in [5.74, 6) is 0. The van der Waals surface area contributed by atoms with Crippen LogP contribution in [-0.4, -0.2) is 31.7 Å². The third kappa shape index (κ3) is 1280. The van der Waals surface area contributed by atoms with E-state index in [1.807, 2.05) is 0 Å². The number of nitrogens with zero attached hydrogens (tertiary/aromatic N) is 3. The van der Waals surface area contributed by atoms with E-state index in [0.717, 1.165) is 0 Å². The Balaban J connectivity index is -0.0000000135. The van der Waals surface area contributed by atoms with Gasteiger partial charge in [-0.3, -0.25) is 0 Å². The summed E-state index contributed by atoms with van der Waals surface area (Å²) in [5.41, 5.74) is 0. The van der Waals surface area contributed by atoms with Crippen LogP contribution in [0.15, 0.2) is 0 Å². The van der Waals surface area contributed by atoms with Crippen LogP contribution in [0.3, 0.4) is 0 Å². The Hall–Kier alpha value is -1.18. The largest absolute Gasteiger partial charge is 3.00 e. The summed E-state index contributed by atoms with van der Waals surface area (Å²) in [5, 5.41) is 44.2. The Kier molecular flexibility index (Phi) is 107. The van der Waals surface area contributed by atoms with Gasteiger partial charge in [-0.15, -0.1) is 0 Å². The van der Waals surface area contributed by atoms with Gasteiger partial charge in [0.25, 0.3) is 0 Å². The van der Waals surface area contributed by atoms with Gasteiger partial charge < -0.3 is 62.4 Å². The van der Waals surface area contributed by atoms with E-state index in [2.05, 4.69) is 0 Å². The fourth-order valence-electron chi connectivity index (χ4n) is 0. The molecule has 0 bridgehead atoms. The maximum absolute atomic E-state index is 8.25. The van der Waals surface area contributed by atoms with Crippen molar-refractivity contribution in [3.8, 4) is 0 Å². The first kappa shape index (κ1) is 46.3. The maximum atomic E-state index is 8.25. The van der Waals surface area contributed by atoms with Gasteiger partial charge in [0.2, 0.25) is 0 Å². The zero-order valence-corrected chi connectivity index (χ0v) is 9.54. The summed E-state index contributed by atoms with van der Waals surface area (Å²) in [7, 11) is 0. The Labute approximate surface area is 118 Å². The molecular weight excluding hydrogens is 384 g/mol. The maximum Gasteiger partial charge on any atom is 3.00 e. The van der Waals surface area contributed by atoms with Crippen molar-refractivity contribution in [3.63, 3.8) is 0 Å². The van der Waals surface area contributed by atoms with Crippen LogP contribution in [0.5, 0.6) is 0 Å². The number of rotatable bonds is 0. The SMILES string of the molecule is O.O.O.O=[N+]([O-])[O-].O=[N+]([O-])[O-].O=[N+]([O-])[O-].[Sm+3]. The van der Waals surface area contributed by atoms with Crippen LogP contribution in [0.25, 0.3) is 0 Å². The molecule has 0 heterocycles. The molecule has 0 rings (SSSR count). The van der Waals surface area contributed by atoms with Crippen LogP contribution in [0.2, 0.25) is 0 Å². The van der Waals surface area contributed by atoms with Crippen LogP contribution in [0.4, 0.5) is 0 Å². The van der Waals surface area contributed by atoms with E-state index in [1.165, 1.54) is 0 Å². The molecule has 0 atom stereocenters. The van der Waals surface area contributed by atoms with Gasteiger partial charge in [0.1, 0.15) is 0 Å². The Bertz CT molecular complexity index is 114. The normalized spacial score (nSPS) is 4.50. The summed E-state index contributed by atoms with van der Waals surface area (Å²) >= 11 is 0. The average molecular weight is 390 g/mol. The van der Waals surface area contributed by atoms with Crippen LogP contribution in [0.1, 0.15) is 0 Å². The van der Waals surface area contributed by atoms with Gasteiger partial charge in [0, 0.05) is 0 Å². The molecule has 6 N–H and O–H groups in total. The fraction of sp³-hybridized carbons (Fsp3) is 0. The Morgan fingerprint density at radius 1 is 0.500 bits per heavy atom. The first-order valence-electron chi connectivity index (χ1n) is 1.64. The summed E-state index contributed by atoms with van der Waals surface area (Å²) in [6.07, 6.45) is 0. The standard InChI is InChI=1S/3NO3.3H2O.Sm/c3*2-1(3)4;;;;/h;;;3*1H2;/q3*-1;;;;+3. The van der Waals surface area contributed by atoms with E-state index in [4.69, 9.17) is 46.0 Å². The third-order valence-electron chi connectivity index (χ3n) is 0. The van der Waals surface area contributed by atoms with E-state index < -0.39 is 15.3 Å². The van der Waals surface area contributed by atoms with E-state index >= 15 is 0 Å². The molecule has 0 aromatic heterocycles. The predicted molar refractivity (Wildman–Crippen MR) is 41.9 cm³/mol.